The number of nitrogens with zero attached hydrogens (tertiary/aromatic N) is 2. The standard InChI is InChI=1S/C16H16N2O4/c1-9-6-7-11(8-13(9)18(21)22)17-15(19)12-5-3-4-10(2)14(12)16(17)20/h3-4,6-8,10,12,14H,5H2,1-2H3/t10-,12-,14-/m1/s1. The zero-order valence-electron chi connectivity index (χ0n) is 12.4. The number of hydrogen-bond acceptors (Lipinski definition) is 4. The summed E-state index contributed by atoms with van der Waals surface area (Å²) in [6.45, 7) is 3.54. The molecule has 2 aliphatic rings. The SMILES string of the molecule is Cc1ccc(N2C(=O)[C@@H]3[C@H](C)C=CC[C@H]3C2=O)cc1[N+](=O)[O-]. The molecule has 1 aliphatic heterocycles. The van der Waals surface area contributed by atoms with Crippen molar-refractivity contribution < 1.29 is 14.5 Å². The largest absolute Gasteiger partial charge is 0.274 e. The molecule has 2 amide bonds. The molecule has 0 bridgehead atoms. The van der Waals surface area contributed by atoms with Gasteiger partial charge in [0.25, 0.3) is 5.69 Å². The molecule has 1 aliphatic carbocycles. The number of fused-ring (bicyclic) bond motifs is 1. The Morgan fingerprint density at radius 2 is 2.00 bits per heavy atom. The second-order valence-electron chi connectivity index (χ2n) is 5.90. The molecular weight excluding hydrogens is 284 g/mol. The fraction of sp³-hybridized carbons (Fsp3) is 0.375. The molecule has 0 unspecified atom stereocenters. The molecule has 0 spiro atoms. The molecule has 0 saturated carbocycles. The van der Waals surface area contributed by atoms with Gasteiger partial charge in [0.05, 0.1) is 22.4 Å². The number of aryl methyl sites for hydroxylation is 1. The highest BCUT2D eigenvalue weighted by molar-refractivity contribution is 6.22. The van der Waals surface area contributed by atoms with E-state index in [0.717, 1.165) is 4.90 Å². The minimum atomic E-state index is -0.499. The summed E-state index contributed by atoms with van der Waals surface area (Å²) in [5, 5.41) is 11.1. The fourth-order valence-corrected chi connectivity index (χ4v) is 3.34. The molecule has 6 heteroatoms. The average molecular weight is 300 g/mol. The predicted molar refractivity (Wildman–Crippen MR) is 80.2 cm³/mol. The lowest BCUT2D eigenvalue weighted by molar-refractivity contribution is -0.385. The van der Waals surface area contributed by atoms with E-state index < -0.39 is 4.92 Å². The topological polar surface area (TPSA) is 80.5 Å². The Morgan fingerprint density at radius 1 is 1.27 bits per heavy atom. The van der Waals surface area contributed by atoms with Gasteiger partial charge in [-0.15, -0.1) is 0 Å². The van der Waals surface area contributed by atoms with Gasteiger partial charge in [0, 0.05) is 11.6 Å². The number of allylic oxidation sites excluding steroid dienone is 2. The summed E-state index contributed by atoms with van der Waals surface area (Å²) in [5.74, 6) is -1.24. The Bertz CT molecular complexity index is 710. The van der Waals surface area contributed by atoms with Gasteiger partial charge in [-0.05, 0) is 25.3 Å². The molecule has 0 aromatic heterocycles. The van der Waals surface area contributed by atoms with Crippen LogP contribution in [0.2, 0.25) is 0 Å². The number of amides is 2. The first-order valence-electron chi connectivity index (χ1n) is 7.21. The van der Waals surface area contributed by atoms with Crippen molar-refractivity contribution in [3.63, 3.8) is 0 Å². The van der Waals surface area contributed by atoms with E-state index in [4.69, 9.17) is 0 Å². The number of imide groups is 1. The van der Waals surface area contributed by atoms with E-state index in [1.165, 1.54) is 6.07 Å². The van der Waals surface area contributed by atoms with Crippen molar-refractivity contribution in [1.29, 1.82) is 0 Å². The van der Waals surface area contributed by atoms with Crippen LogP contribution in [0.4, 0.5) is 11.4 Å². The summed E-state index contributed by atoms with van der Waals surface area (Å²) >= 11 is 0. The Labute approximate surface area is 127 Å². The second kappa shape index (κ2) is 5.05. The van der Waals surface area contributed by atoms with Crippen molar-refractivity contribution in [2.45, 2.75) is 20.3 Å². The smallest absolute Gasteiger partial charge is 0.274 e. The van der Waals surface area contributed by atoms with Gasteiger partial charge >= 0.3 is 0 Å². The highest BCUT2D eigenvalue weighted by Gasteiger charge is 2.50. The summed E-state index contributed by atoms with van der Waals surface area (Å²) < 4.78 is 0. The first-order chi connectivity index (χ1) is 10.4. The monoisotopic (exact) mass is 300 g/mol. The van der Waals surface area contributed by atoms with Crippen LogP contribution in [-0.2, 0) is 9.59 Å². The number of carbonyl (C=O) groups excluding carboxylic acids is 2. The Morgan fingerprint density at radius 3 is 2.64 bits per heavy atom. The lowest BCUT2D eigenvalue weighted by Gasteiger charge is -2.22. The first kappa shape index (κ1) is 14.4. The van der Waals surface area contributed by atoms with Crippen LogP contribution >= 0.6 is 0 Å². The molecule has 22 heavy (non-hydrogen) atoms. The maximum Gasteiger partial charge on any atom is 0.274 e. The van der Waals surface area contributed by atoms with Crippen molar-refractivity contribution in [3.05, 3.63) is 46.0 Å². The zero-order chi connectivity index (χ0) is 16.0. The summed E-state index contributed by atoms with van der Waals surface area (Å²) in [7, 11) is 0. The van der Waals surface area contributed by atoms with Crippen LogP contribution in [0.5, 0.6) is 0 Å². The molecule has 1 fully saturated rings. The predicted octanol–water partition coefficient (Wildman–Crippen LogP) is 2.60. The van der Waals surface area contributed by atoms with Crippen LogP contribution in [0.15, 0.2) is 30.4 Å². The first-order valence-corrected chi connectivity index (χ1v) is 7.21. The molecule has 114 valence electrons. The zero-order valence-corrected chi connectivity index (χ0v) is 12.4. The van der Waals surface area contributed by atoms with Gasteiger partial charge in [-0.1, -0.05) is 25.1 Å². The molecule has 1 heterocycles. The van der Waals surface area contributed by atoms with E-state index in [0.29, 0.717) is 12.0 Å². The number of carbonyl (C=O) groups is 2. The minimum Gasteiger partial charge on any atom is -0.274 e. The van der Waals surface area contributed by atoms with Crippen LogP contribution in [0, 0.1) is 34.8 Å². The fourth-order valence-electron chi connectivity index (χ4n) is 3.34. The minimum absolute atomic E-state index is 0.000587. The number of nitro groups is 1. The maximum atomic E-state index is 12.6. The molecular formula is C16H16N2O4. The van der Waals surface area contributed by atoms with Crippen LogP contribution in [0.1, 0.15) is 18.9 Å². The van der Waals surface area contributed by atoms with Gasteiger partial charge in [0.2, 0.25) is 11.8 Å². The third-order valence-corrected chi connectivity index (χ3v) is 4.52. The molecule has 0 radical (unpaired) electrons. The van der Waals surface area contributed by atoms with Gasteiger partial charge < -0.3 is 0 Å². The van der Waals surface area contributed by atoms with E-state index in [9.17, 15) is 19.7 Å². The molecule has 1 saturated heterocycles. The molecule has 3 rings (SSSR count). The van der Waals surface area contributed by atoms with Crippen molar-refractivity contribution >= 4 is 23.2 Å². The third kappa shape index (κ3) is 2.03. The quantitative estimate of drug-likeness (QED) is 0.364. The van der Waals surface area contributed by atoms with Crippen LogP contribution in [0.25, 0.3) is 0 Å². The highest BCUT2D eigenvalue weighted by Crippen LogP contribution is 2.41. The van der Waals surface area contributed by atoms with E-state index in [1.54, 1.807) is 19.1 Å². The Balaban J connectivity index is 2.03. The normalized spacial score (nSPS) is 27.2. The van der Waals surface area contributed by atoms with Crippen molar-refractivity contribution in [3.8, 4) is 0 Å². The van der Waals surface area contributed by atoms with E-state index in [-0.39, 0.29) is 40.9 Å². The molecule has 0 N–H and O–H groups in total. The maximum absolute atomic E-state index is 12.6. The average Bonchev–Trinajstić information content (AvgIpc) is 2.73. The van der Waals surface area contributed by atoms with E-state index in [1.807, 2.05) is 19.1 Å². The summed E-state index contributed by atoms with van der Waals surface area (Å²) in [6.07, 6.45) is 4.43. The van der Waals surface area contributed by atoms with Gasteiger partial charge in [-0.3, -0.25) is 19.7 Å². The van der Waals surface area contributed by atoms with Gasteiger partial charge in [-0.25, -0.2) is 4.90 Å². The lowest BCUT2D eigenvalue weighted by Crippen LogP contribution is -2.31. The number of benzene rings is 1. The van der Waals surface area contributed by atoms with E-state index >= 15 is 0 Å². The lowest BCUT2D eigenvalue weighted by atomic mass is 9.78. The Hall–Kier alpha value is -2.50. The summed E-state index contributed by atoms with van der Waals surface area (Å²) in [6, 6.07) is 4.46. The number of anilines is 1. The number of nitro benzene ring substituents is 1. The molecule has 1 aromatic rings. The summed E-state index contributed by atoms with van der Waals surface area (Å²) in [4.78, 5) is 36.9. The molecule has 3 atom stereocenters. The summed E-state index contributed by atoms with van der Waals surface area (Å²) in [5.41, 5.74) is 0.702. The van der Waals surface area contributed by atoms with E-state index in [2.05, 4.69) is 0 Å². The second-order valence-corrected chi connectivity index (χ2v) is 5.90. The van der Waals surface area contributed by atoms with Gasteiger partial charge in [0.1, 0.15) is 0 Å². The van der Waals surface area contributed by atoms with Crippen LogP contribution < -0.4 is 4.90 Å². The van der Waals surface area contributed by atoms with Crippen LogP contribution in [0.3, 0.4) is 0 Å². The van der Waals surface area contributed by atoms with Crippen molar-refractivity contribution in [2.24, 2.45) is 17.8 Å². The van der Waals surface area contributed by atoms with Crippen LogP contribution in [-0.4, -0.2) is 16.7 Å². The van der Waals surface area contributed by atoms with Crippen molar-refractivity contribution in [2.75, 3.05) is 4.90 Å². The molecule has 6 nitrogen and oxygen atoms in total. The Kier molecular flexibility index (Phi) is 3.31. The van der Waals surface area contributed by atoms with Gasteiger partial charge in [-0.2, -0.15) is 0 Å². The van der Waals surface area contributed by atoms with Gasteiger partial charge in [0.15, 0.2) is 0 Å². The molecule has 1 aromatic carbocycles. The third-order valence-electron chi connectivity index (χ3n) is 4.52. The number of rotatable bonds is 2. The van der Waals surface area contributed by atoms with Crippen molar-refractivity contribution in [1.82, 2.24) is 0 Å². The number of hydrogen-bond donors (Lipinski definition) is 0. The highest BCUT2D eigenvalue weighted by atomic mass is 16.6.